The van der Waals surface area contributed by atoms with E-state index in [4.69, 9.17) is 14.9 Å². The molecule has 0 N–H and O–H groups in total. The summed E-state index contributed by atoms with van der Waals surface area (Å²) in [5.74, 6) is 1.23. The van der Waals surface area contributed by atoms with Crippen LogP contribution in [0.3, 0.4) is 0 Å². The maximum Gasteiger partial charge on any atom is 2.00 e. The van der Waals surface area contributed by atoms with E-state index in [9.17, 15) is 0 Å². The van der Waals surface area contributed by atoms with Crippen LogP contribution >= 0.6 is 11.8 Å². The predicted octanol–water partition coefficient (Wildman–Crippen LogP) is -6.56. The number of aryl methyl sites for hydroxylation is 1. The van der Waals surface area contributed by atoms with Gasteiger partial charge in [-0.2, -0.15) is 0 Å². The normalized spacial score (nSPS) is 8.22. The Bertz CT molecular complexity index is 701. The molecule has 146 valence electrons. The van der Waals surface area contributed by atoms with Crippen molar-refractivity contribution in [3.05, 3.63) is 46.9 Å². The van der Waals surface area contributed by atoms with Gasteiger partial charge >= 0.3 is 25.2 Å². The largest absolute Gasteiger partial charge is 2.00 e. The second-order valence-corrected chi connectivity index (χ2v) is 5.76. The van der Waals surface area contributed by atoms with E-state index in [0.29, 0.717) is 30.4 Å². The molecule has 0 aromatic heterocycles. The van der Waals surface area contributed by atoms with Crippen LogP contribution in [-0.4, -0.2) is 13.2 Å². The molecule has 0 unspecified atom stereocenters. The van der Waals surface area contributed by atoms with Crippen LogP contribution in [0.15, 0.2) is 46.2 Å². The van der Waals surface area contributed by atoms with Gasteiger partial charge in [0.1, 0.15) is 5.75 Å². The molecule has 10 heteroatoms. The summed E-state index contributed by atoms with van der Waals surface area (Å²) >= 11 is 1.59. The summed E-state index contributed by atoms with van der Waals surface area (Å²) in [4.78, 5) is 5.32. The van der Waals surface area contributed by atoms with Gasteiger partial charge in [-0.05, 0) is 32.9 Å². The topological polar surface area (TPSA) is 46.6 Å². The maximum atomic E-state index is 9.13. The van der Waals surface area contributed by atoms with Crippen molar-refractivity contribution in [2.24, 2.45) is 0 Å². The van der Waals surface area contributed by atoms with Crippen LogP contribution in [0.5, 0.6) is 11.5 Å². The number of ether oxygens (including phenoxy) is 2. The van der Waals surface area contributed by atoms with Gasteiger partial charge < -0.3 is 59.1 Å². The van der Waals surface area contributed by atoms with E-state index in [1.54, 1.807) is 17.8 Å². The van der Waals surface area contributed by atoms with E-state index >= 15 is 0 Å². The average Bonchev–Trinajstić information content (AvgIpc) is 2.52. The van der Waals surface area contributed by atoms with E-state index in [1.807, 2.05) is 19.9 Å². The molecule has 0 amide bonds. The molecule has 0 aliphatic heterocycles. The number of rotatable bonds is 6. The first kappa shape index (κ1) is 34.1. The molecule has 0 radical (unpaired) electrons. The van der Waals surface area contributed by atoms with Crippen molar-refractivity contribution < 1.29 is 78.6 Å². The Morgan fingerprint density at radius 3 is 1.89 bits per heavy atom. The van der Waals surface area contributed by atoms with E-state index in [0.717, 1.165) is 9.79 Å². The zero-order valence-electron chi connectivity index (χ0n) is 15.2. The van der Waals surface area contributed by atoms with Crippen LogP contribution in [0.2, 0.25) is 0 Å². The number of halogens is 4. The molecular formula is C17H19Cl4N2O2SZn-. The van der Waals surface area contributed by atoms with Crippen LogP contribution < -0.4 is 59.1 Å². The molecule has 0 fully saturated rings. The molecule has 0 bridgehead atoms. The van der Waals surface area contributed by atoms with Crippen LogP contribution in [0.4, 0.5) is 5.69 Å². The van der Waals surface area contributed by atoms with Gasteiger partial charge in [0.2, 0.25) is 11.1 Å². The Kier molecular flexibility index (Phi) is 22.3. The second-order valence-electron chi connectivity index (χ2n) is 4.65. The van der Waals surface area contributed by atoms with E-state index in [2.05, 4.69) is 36.2 Å². The first-order chi connectivity index (χ1) is 10.7. The van der Waals surface area contributed by atoms with Gasteiger partial charge in [0, 0.05) is 11.0 Å². The number of benzene rings is 2. The van der Waals surface area contributed by atoms with E-state index in [-0.39, 0.29) is 69.1 Å². The summed E-state index contributed by atoms with van der Waals surface area (Å²) in [5, 5.41) is 9.13. The average molecular weight is 523 g/mol. The first-order valence-electron chi connectivity index (χ1n) is 7.21. The molecule has 27 heavy (non-hydrogen) atoms. The zero-order chi connectivity index (χ0) is 15.9. The fraction of sp³-hybridized carbons (Fsp3) is 0.294. The molecule has 0 heterocycles. The Balaban J connectivity index is -0.000000529. The van der Waals surface area contributed by atoms with Gasteiger partial charge in [-0.1, -0.05) is 29.5 Å². The fourth-order valence-corrected chi connectivity index (χ4v) is 2.87. The van der Waals surface area contributed by atoms with Crippen molar-refractivity contribution in [2.75, 3.05) is 13.2 Å². The summed E-state index contributed by atoms with van der Waals surface area (Å²) in [6.45, 7) is 6.92. The zero-order valence-corrected chi connectivity index (χ0v) is 22.0. The summed E-state index contributed by atoms with van der Waals surface area (Å²) < 4.78 is 11.2. The third kappa shape index (κ3) is 10.1. The minimum Gasteiger partial charge on any atom is -1.00 e. The quantitative estimate of drug-likeness (QED) is 0.280. The van der Waals surface area contributed by atoms with Crippen LogP contribution in [0, 0.1) is 12.3 Å². The van der Waals surface area contributed by atoms with Gasteiger partial charge in [-0.3, -0.25) is 0 Å². The standard InChI is InChI=1S/C17H19N2O2S.4ClH.Zn/c1-4-20-15-11-17(16(21-5-2)10-14(15)19-18)22-13-8-6-12(3)7-9-13;;;;;/h6-11H,4-5H2,1-3H3;4*1H;/q+1;;;;;+2/p-4. The minimum absolute atomic E-state index is 0. The smallest absolute Gasteiger partial charge is 1.00 e. The molecule has 0 aliphatic carbocycles. The van der Waals surface area contributed by atoms with Crippen molar-refractivity contribution in [2.45, 2.75) is 30.6 Å². The summed E-state index contributed by atoms with van der Waals surface area (Å²) in [6, 6.07) is 11.8. The van der Waals surface area contributed by atoms with Crippen molar-refractivity contribution in [3.63, 3.8) is 0 Å². The van der Waals surface area contributed by atoms with Crippen molar-refractivity contribution in [1.82, 2.24) is 0 Å². The van der Waals surface area contributed by atoms with Crippen molar-refractivity contribution in [3.8, 4) is 11.5 Å². The van der Waals surface area contributed by atoms with Crippen molar-refractivity contribution in [1.29, 1.82) is 5.39 Å². The molecule has 2 aromatic rings. The fourth-order valence-electron chi connectivity index (χ4n) is 1.96. The molecular weight excluding hydrogens is 503 g/mol. The van der Waals surface area contributed by atoms with Gasteiger partial charge in [0.15, 0.2) is 4.98 Å². The number of hydrogen-bond donors (Lipinski definition) is 0. The molecule has 0 saturated heterocycles. The molecule has 2 rings (SSSR count). The van der Waals surface area contributed by atoms with E-state index < -0.39 is 0 Å². The summed E-state index contributed by atoms with van der Waals surface area (Å²) in [5.41, 5.74) is 1.59. The van der Waals surface area contributed by atoms with Crippen LogP contribution in [-0.2, 0) is 19.5 Å². The minimum atomic E-state index is 0. The molecule has 0 aliphatic rings. The number of nitrogens with zero attached hydrogens (tertiary/aromatic N) is 2. The summed E-state index contributed by atoms with van der Waals surface area (Å²) in [6.07, 6.45) is 0. The van der Waals surface area contributed by atoms with Gasteiger partial charge in [-0.15, -0.1) is 0 Å². The Morgan fingerprint density at radius 2 is 1.41 bits per heavy atom. The SMILES string of the molecule is CCOc1cc(Sc2ccc(C)cc2)c(OCC)cc1[N+]#N.[Cl-].[Cl-].[Cl-].[Cl-].[Zn+2]. The van der Waals surface area contributed by atoms with Gasteiger partial charge in [0.05, 0.1) is 24.2 Å². The second kappa shape index (κ2) is 17.7. The monoisotopic (exact) mass is 519 g/mol. The van der Waals surface area contributed by atoms with E-state index in [1.165, 1.54) is 5.56 Å². The van der Waals surface area contributed by atoms with Crippen LogP contribution in [0.25, 0.3) is 4.98 Å². The molecule has 2 aromatic carbocycles. The Hall–Kier alpha value is -0.407. The molecule has 4 nitrogen and oxygen atoms in total. The molecule has 0 spiro atoms. The van der Waals surface area contributed by atoms with Gasteiger partial charge in [0.25, 0.3) is 0 Å². The maximum absolute atomic E-state index is 9.13. The molecule has 0 atom stereocenters. The van der Waals surface area contributed by atoms with Crippen molar-refractivity contribution >= 4 is 17.4 Å². The summed E-state index contributed by atoms with van der Waals surface area (Å²) in [7, 11) is 0. The number of hydrogen-bond acceptors (Lipinski definition) is 4. The molecule has 0 saturated carbocycles. The predicted molar refractivity (Wildman–Crippen MR) is 88.8 cm³/mol. The first-order valence-corrected chi connectivity index (χ1v) is 8.02. The van der Waals surface area contributed by atoms with Gasteiger partial charge in [-0.25, -0.2) is 0 Å². The van der Waals surface area contributed by atoms with Crippen LogP contribution in [0.1, 0.15) is 19.4 Å². The third-order valence-electron chi connectivity index (χ3n) is 2.98. The Morgan fingerprint density at radius 1 is 0.889 bits per heavy atom. The Labute approximate surface area is 202 Å². The third-order valence-corrected chi connectivity index (χ3v) is 4.03. The number of diazo groups is 1.